The van der Waals surface area contributed by atoms with Crippen molar-refractivity contribution in [3.05, 3.63) is 0 Å². The Balaban J connectivity index is 2.48. The van der Waals surface area contributed by atoms with Gasteiger partial charge in [0.05, 0.1) is 6.04 Å². The minimum atomic E-state index is -0.808. The van der Waals surface area contributed by atoms with Crippen LogP contribution in [0.4, 0.5) is 4.79 Å². The Morgan fingerprint density at radius 2 is 2.33 bits per heavy atom. The van der Waals surface area contributed by atoms with Crippen LogP contribution in [0.2, 0.25) is 0 Å². The molecule has 0 aromatic carbocycles. The predicted octanol–water partition coefficient (Wildman–Crippen LogP) is 1.29. The van der Waals surface area contributed by atoms with E-state index < -0.39 is 5.97 Å². The lowest BCUT2D eigenvalue weighted by molar-refractivity contribution is -0.138. The molecule has 1 fully saturated rings. The Labute approximate surface area is 108 Å². The first-order valence-electron chi connectivity index (χ1n) is 6.30. The van der Waals surface area contributed by atoms with E-state index in [0.29, 0.717) is 19.5 Å². The molecule has 5 nitrogen and oxygen atoms in total. The molecular weight excluding hydrogens is 232 g/mol. The molecule has 1 saturated heterocycles. The third-order valence-corrected chi connectivity index (χ3v) is 3.18. The molecule has 0 aromatic heterocycles. The fraction of sp³-hybridized carbons (Fsp3) is 0.692. The number of amides is 2. The maximum atomic E-state index is 11.9. The molecule has 0 aliphatic carbocycles. The van der Waals surface area contributed by atoms with Crippen LogP contribution in [-0.4, -0.2) is 41.1 Å². The molecular formula is C13H20N2O3. The van der Waals surface area contributed by atoms with E-state index in [0.717, 1.165) is 12.8 Å². The van der Waals surface area contributed by atoms with Crippen LogP contribution in [0.1, 0.15) is 32.6 Å². The number of carboxylic acid groups (broad SMARTS) is 1. The van der Waals surface area contributed by atoms with Gasteiger partial charge in [0.2, 0.25) is 0 Å². The zero-order valence-corrected chi connectivity index (χ0v) is 10.7. The summed E-state index contributed by atoms with van der Waals surface area (Å²) in [7, 11) is 0. The highest BCUT2D eigenvalue weighted by Gasteiger charge is 2.25. The summed E-state index contributed by atoms with van der Waals surface area (Å²) >= 11 is 0. The van der Waals surface area contributed by atoms with Gasteiger partial charge in [-0.1, -0.05) is 12.8 Å². The summed E-state index contributed by atoms with van der Waals surface area (Å²) in [5, 5.41) is 11.5. The number of hydrogen-bond acceptors (Lipinski definition) is 2. The fourth-order valence-corrected chi connectivity index (χ4v) is 2.17. The molecule has 1 aliphatic rings. The highest BCUT2D eigenvalue weighted by Crippen LogP contribution is 2.19. The Hall–Kier alpha value is -1.70. The van der Waals surface area contributed by atoms with Crippen molar-refractivity contribution >= 4 is 12.0 Å². The van der Waals surface area contributed by atoms with Crippen molar-refractivity contribution in [1.29, 1.82) is 0 Å². The number of rotatable bonds is 4. The lowest BCUT2D eigenvalue weighted by Gasteiger charge is -2.32. The van der Waals surface area contributed by atoms with Gasteiger partial charge < -0.3 is 15.3 Å². The standard InChI is InChI=1S/C13H20N2O3/c1-3-11(4-2)14-13(18)15-7-5-6-10(9-15)8-12(16)17/h1,10-11H,4-9H2,2H3,(H,14,18)(H,16,17). The first-order valence-corrected chi connectivity index (χ1v) is 6.30. The summed E-state index contributed by atoms with van der Waals surface area (Å²) in [5.41, 5.74) is 0. The Morgan fingerprint density at radius 3 is 2.89 bits per heavy atom. The van der Waals surface area contributed by atoms with Gasteiger partial charge in [0.15, 0.2) is 0 Å². The highest BCUT2D eigenvalue weighted by atomic mass is 16.4. The van der Waals surface area contributed by atoms with Crippen molar-refractivity contribution in [2.45, 2.75) is 38.6 Å². The van der Waals surface area contributed by atoms with E-state index in [1.165, 1.54) is 0 Å². The average Bonchev–Trinajstić information content (AvgIpc) is 2.35. The van der Waals surface area contributed by atoms with Gasteiger partial charge in [-0.2, -0.15) is 0 Å². The van der Waals surface area contributed by atoms with Gasteiger partial charge in [-0.25, -0.2) is 4.79 Å². The molecule has 0 spiro atoms. The first-order chi connectivity index (χ1) is 8.56. The van der Waals surface area contributed by atoms with Crippen LogP contribution in [0.15, 0.2) is 0 Å². The second-order valence-corrected chi connectivity index (χ2v) is 4.63. The van der Waals surface area contributed by atoms with Crippen LogP contribution < -0.4 is 5.32 Å². The minimum Gasteiger partial charge on any atom is -0.481 e. The smallest absolute Gasteiger partial charge is 0.318 e. The van der Waals surface area contributed by atoms with Crippen molar-refractivity contribution in [3.8, 4) is 12.3 Å². The molecule has 1 aliphatic heterocycles. The van der Waals surface area contributed by atoms with E-state index >= 15 is 0 Å². The summed E-state index contributed by atoms with van der Waals surface area (Å²) < 4.78 is 0. The maximum absolute atomic E-state index is 11.9. The molecule has 0 aromatic rings. The minimum absolute atomic E-state index is 0.0490. The molecule has 0 bridgehead atoms. The summed E-state index contributed by atoms with van der Waals surface area (Å²) in [4.78, 5) is 24.3. The van der Waals surface area contributed by atoms with Gasteiger partial charge in [0.25, 0.3) is 0 Å². The van der Waals surface area contributed by atoms with E-state index in [1.807, 2.05) is 6.92 Å². The number of terminal acetylenes is 1. The van der Waals surface area contributed by atoms with Crippen LogP contribution in [-0.2, 0) is 4.79 Å². The normalized spacial score (nSPS) is 20.9. The average molecular weight is 252 g/mol. The second-order valence-electron chi connectivity index (χ2n) is 4.63. The van der Waals surface area contributed by atoms with Crippen LogP contribution in [0.3, 0.4) is 0 Å². The Kier molecular flexibility index (Phi) is 5.50. The van der Waals surface area contributed by atoms with Crippen LogP contribution >= 0.6 is 0 Å². The summed E-state index contributed by atoms with van der Waals surface area (Å²) in [6.07, 6.45) is 7.81. The van der Waals surface area contributed by atoms with Gasteiger partial charge in [0.1, 0.15) is 0 Å². The van der Waals surface area contributed by atoms with Crippen LogP contribution in [0.5, 0.6) is 0 Å². The van der Waals surface area contributed by atoms with Crippen molar-refractivity contribution in [3.63, 3.8) is 0 Å². The molecule has 2 atom stereocenters. The van der Waals surface area contributed by atoms with Crippen molar-refractivity contribution < 1.29 is 14.7 Å². The van der Waals surface area contributed by atoms with E-state index in [2.05, 4.69) is 11.2 Å². The zero-order chi connectivity index (χ0) is 13.5. The van der Waals surface area contributed by atoms with Crippen molar-refractivity contribution in [2.75, 3.05) is 13.1 Å². The SMILES string of the molecule is C#CC(CC)NC(=O)N1CCCC(CC(=O)O)C1. The molecule has 100 valence electrons. The molecule has 18 heavy (non-hydrogen) atoms. The molecule has 2 amide bonds. The summed E-state index contributed by atoms with van der Waals surface area (Å²) in [6, 6.07) is -0.438. The number of carbonyl (C=O) groups excluding carboxylic acids is 1. The van der Waals surface area contributed by atoms with E-state index in [4.69, 9.17) is 11.5 Å². The van der Waals surface area contributed by atoms with Gasteiger partial charge in [0, 0.05) is 19.5 Å². The Bertz CT molecular complexity index is 349. The quantitative estimate of drug-likeness (QED) is 0.741. The van der Waals surface area contributed by atoms with Gasteiger partial charge in [-0.3, -0.25) is 4.79 Å². The van der Waals surface area contributed by atoms with E-state index in [-0.39, 0.29) is 24.4 Å². The number of piperidine rings is 1. The topological polar surface area (TPSA) is 69.6 Å². The summed E-state index contributed by atoms with van der Waals surface area (Å²) in [5.74, 6) is 1.75. The second kappa shape index (κ2) is 6.90. The molecule has 5 heteroatoms. The Morgan fingerprint density at radius 1 is 1.61 bits per heavy atom. The fourth-order valence-electron chi connectivity index (χ4n) is 2.17. The first kappa shape index (κ1) is 14.4. The van der Waals surface area contributed by atoms with Gasteiger partial charge >= 0.3 is 12.0 Å². The van der Waals surface area contributed by atoms with Gasteiger partial charge in [-0.05, 0) is 25.2 Å². The van der Waals surface area contributed by atoms with Crippen molar-refractivity contribution in [1.82, 2.24) is 10.2 Å². The number of nitrogens with one attached hydrogen (secondary N) is 1. The highest BCUT2D eigenvalue weighted by molar-refractivity contribution is 5.75. The number of nitrogens with zero attached hydrogens (tertiary/aromatic N) is 1. The van der Waals surface area contributed by atoms with Crippen LogP contribution in [0.25, 0.3) is 0 Å². The monoisotopic (exact) mass is 252 g/mol. The predicted molar refractivity (Wildman–Crippen MR) is 68.0 cm³/mol. The maximum Gasteiger partial charge on any atom is 0.318 e. The lowest BCUT2D eigenvalue weighted by atomic mass is 9.95. The van der Waals surface area contributed by atoms with E-state index in [9.17, 15) is 9.59 Å². The number of aliphatic carboxylic acids is 1. The molecule has 2 N–H and O–H groups in total. The third kappa shape index (κ3) is 4.28. The largest absolute Gasteiger partial charge is 0.481 e. The number of urea groups is 1. The molecule has 1 rings (SSSR count). The number of carbonyl (C=O) groups is 2. The van der Waals surface area contributed by atoms with Crippen molar-refractivity contribution in [2.24, 2.45) is 5.92 Å². The lowest BCUT2D eigenvalue weighted by Crippen LogP contribution is -2.48. The number of likely N-dealkylation sites (tertiary alicyclic amines) is 1. The van der Waals surface area contributed by atoms with Crippen LogP contribution in [0, 0.1) is 18.3 Å². The number of carboxylic acids is 1. The van der Waals surface area contributed by atoms with E-state index in [1.54, 1.807) is 4.90 Å². The molecule has 0 saturated carbocycles. The molecule has 0 radical (unpaired) electrons. The molecule has 2 unspecified atom stereocenters. The zero-order valence-electron chi connectivity index (χ0n) is 10.7. The third-order valence-electron chi connectivity index (χ3n) is 3.18. The summed E-state index contributed by atoms with van der Waals surface area (Å²) in [6.45, 7) is 3.08. The number of hydrogen-bond donors (Lipinski definition) is 2. The molecule has 1 heterocycles. The van der Waals surface area contributed by atoms with Gasteiger partial charge in [-0.15, -0.1) is 6.42 Å².